The van der Waals surface area contributed by atoms with E-state index in [0.717, 1.165) is 6.92 Å². The summed E-state index contributed by atoms with van der Waals surface area (Å²) in [4.78, 5) is 170. The highest BCUT2D eigenvalue weighted by atomic mass is 16.4. The van der Waals surface area contributed by atoms with E-state index in [9.17, 15) is 88.2 Å². The zero-order chi connectivity index (χ0) is 74.4. The molecule has 2 rings (SSSR count). The normalized spacial score (nSPS) is 15.7. The molecule has 0 fully saturated rings. The molecule has 1 aromatic heterocycles. The maximum atomic E-state index is 14.6. The Morgan fingerprint density at radius 1 is 0.602 bits per heavy atom. The van der Waals surface area contributed by atoms with E-state index in [4.69, 9.17) is 22.6 Å². The van der Waals surface area contributed by atoms with E-state index < -0.39 is 187 Å². The van der Waals surface area contributed by atoms with Crippen molar-refractivity contribution in [3.63, 3.8) is 0 Å². The number of aliphatic hydroxyl groups is 4. The Bertz CT molecular complexity index is 3010. The van der Waals surface area contributed by atoms with E-state index in [1.807, 2.05) is 33.0 Å². The van der Waals surface area contributed by atoms with Gasteiger partial charge >= 0.3 is 5.97 Å². The molecule has 0 aliphatic rings. The summed E-state index contributed by atoms with van der Waals surface area (Å²) in [5.41, 5.74) is 17.6. The minimum absolute atomic E-state index is 0.00265. The number of amides is 11. The standard InChI is InChI=1S/C64H104N16O18/c1-12-35(10)47(60(94)78-48(36(11)82)59(93)71-28-46(84)76-50(52(86)53(66)87)62(96)80(45(30-81)63(97)98)29-38-17-14-20-69-27-38)77-55(89)41(19-15-21-70-64(67)68)72-56(90)43(24-33(6)7)75-61(95)49(51(85)34(8)9)79-58(92)44(26-37-16-13-18-39(83)25-37)74-57(91)42(23-32(4)5)73-54(88)40(65)22-31(2)3/h13-14,16-18,20,25,27,31-36,40-45,47-52,81-83,85-86H,12,15,19,21-24,26,28-30,65H2,1-11H3,(H2,66,87)(H,71,93)(H,72,90)(H,73,88)(H,74,91)(H,75,95)(H,76,84)(H,77,89)(H,78,94)(H,79,92)(H,97,98)(H4,67,68,70)/t35-,36-,40+,41+,42-,43-,44-,45-,47-,48-,49-,50-,51?,52?/m0/s1. The number of phenols is 1. The second-order valence-electron chi connectivity index (χ2n) is 25.9. The lowest BCUT2D eigenvalue weighted by atomic mass is 9.96. The molecule has 1 aromatic carbocycles. The van der Waals surface area contributed by atoms with Gasteiger partial charge in [0, 0.05) is 31.9 Å². The number of nitrogens with zero attached hydrogens (tertiary/aromatic N) is 2. The maximum Gasteiger partial charge on any atom is 0.328 e. The van der Waals surface area contributed by atoms with Gasteiger partial charge in [-0.15, -0.1) is 0 Å². The molecule has 2 unspecified atom stereocenters. The van der Waals surface area contributed by atoms with Gasteiger partial charge in [-0.25, -0.2) is 4.79 Å². The first-order chi connectivity index (χ1) is 45.8. The van der Waals surface area contributed by atoms with Crippen LogP contribution < -0.4 is 70.4 Å². The number of primary amides is 1. The molecule has 548 valence electrons. The van der Waals surface area contributed by atoms with Gasteiger partial charge < -0.3 is 106 Å². The first-order valence-corrected chi connectivity index (χ1v) is 32.5. The molecular formula is C64H104N16O18. The van der Waals surface area contributed by atoms with Crippen LogP contribution in [0.1, 0.15) is 126 Å². The Morgan fingerprint density at radius 3 is 1.62 bits per heavy atom. The van der Waals surface area contributed by atoms with Crippen molar-refractivity contribution >= 4 is 76.9 Å². The van der Waals surface area contributed by atoms with Gasteiger partial charge in [-0.3, -0.25) is 63.1 Å². The number of guanidine groups is 1. The average Bonchev–Trinajstić information content (AvgIpc) is 0.834. The van der Waals surface area contributed by atoms with E-state index in [1.165, 1.54) is 42.7 Å². The number of aliphatic carboxylic acids is 1. The molecule has 0 saturated carbocycles. The fourth-order valence-corrected chi connectivity index (χ4v) is 10.0. The van der Waals surface area contributed by atoms with E-state index in [-0.39, 0.29) is 74.1 Å². The third-order valence-electron chi connectivity index (χ3n) is 15.6. The fraction of sp³-hybridized carbons (Fsp3) is 0.625. The summed E-state index contributed by atoms with van der Waals surface area (Å²) < 4.78 is 0. The van der Waals surface area contributed by atoms with Gasteiger partial charge in [-0.1, -0.05) is 93.9 Å². The molecule has 0 aliphatic heterocycles. The topological polar surface area (TPSA) is 565 Å². The van der Waals surface area contributed by atoms with Crippen LogP contribution in [0.4, 0.5) is 0 Å². The van der Waals surface area contributed by atoms with Gasteiger partial charge in [0.15, 0.2) is 18.1 Å². The van der Waals surface area contributed by atoms with Gasteiger partial charge in [0.05, 0.1) is 31.4 Å². The van der Waals surface area contributed by atoms with E-state index in [1.54, 1.807) is 47.6 Å². The van der Waals surface area contributed by atoms with Crippen LogP contribution in [0.25, 0.3) is 0 Å². The molecule has 23 N–H and O–H groups in total. The maximum absolute atomic E-state index is 14.6. The molecule has 0 spiro atoms. The van der Waals surface area contributed by atoms with Crippen LogP contribution in [0, 0.1) is 35.0 Å². The molecule has 0 bridgehead atoms. The van der Waals surface area contributed by atoms with E-state index >= 15 is 0 Å². The van der Waals surface area contributed by atoms with Crippen molar-refractivity contribution in [2.24, 2.45) is 46.8 Å². The molecule has 0 aliphatic carbocycles. The number of rotatable bonds is 43. The molecule has 98 heavy (non-hydrogen) atoms. The second-order valence-corrected chi connectivity index (χ2v) is 25.9. The first-order valence-electron chi connectivity index (χ1n) is 32.5. The van der Waals surface area contributed by atoms with Crippen LogP contribution in [-0.2, 0) is 70.5 Å². The highest BCUT2D eigenvalue weighted by Crippen LogP contribution is 2.18. The van der Waals surface area contributed by atoms with Crippen molar-refractivity contribution in [2.45, 2.75) is 206 Å². The number of nitrogens with one attached hydrogen (secondary N) is 11. The molecule has 34 heteroatoms. The summed E-state index contributed by atoms with van der Waals surface area (Å²) in [7, 11) is 0. The molecule has 0 saturated heterocycles. The van der Waals surface area contributed by atoms with Crippen molar-refractivity contribution < 1.29 is 88.2 Å². The lowest BCUT2D eigenvalue weighted by molar-refractivity contribution is -0.156. The zero-order valence-electron chi connectivity index (χ0n) is 57.5. The van der Waals surface area contributed by atoms with Crippen molar-refractivity contribution in [3.05, 3.63) is 59.9 Å². The van der Waals surface area contributed by atoms with Crippen LogP contribution in [0.2, 0.25) is 0 Å². The number of benzene rings is 1. The number of aromatic nitrogens is 1. The summed E-state index contributed by atoms with van der Waals surface area (Å²) in [6.07, 6.45) is -3.11. The summed E-state index contributed by atoms with van der Waals surface area (Å²) in [5, 5.41) is 95.9. The summed E-state index contributed by atoms with van der Waals surface area (Å²) in [6.45, 7) is 15.4. The van der Waals surface area contributed by atoms with Gasteiger partial charge in [-0.05, 0) is 97.9 Å². The molecule has 1 heterocycles. The number of hydrogen-bond donors (Lipinski definition) is 20. The Labute approximate surface area is 570 Å². The summed E-state index contributed by atoms with van der Waals surface area (Å²) in [6, 6.07) is -7.49. The van der Waals surface area contributed by atoms with Crippen LogP contribution in [0.3, 0.4) is 0 Å². The van der Waals surface area contributed by atoms with Crippen molar-refractivity contribution in [2.75, 3.05) is 19.7 Å². The number of nitrogens with two attached hydrogens (primary N) is 3. The smallest absolute Gasteiger partial charge is 0.328 e. The highest BCUT2D eigenvalue weighted by Gasteiger charge is 2.42. The molecule has 14 atom stereocenters. The number of phenolic OH excluding ortho intramolecular Hbond substituents is 1. The summed E-state index contributed by atoms with van der Waals surface area (Å²) in [5.74, 6) is -16.1. The predicted molar refractivity (Wildman–Crippen MR) is 356 cm³/mol. The number of carboxylic acids is 1. The van der Waals surface area contributed by atoms with E-state index in [2.05, 4.69) is 52.8 Å². The lowest BCUT2D eigenvalue weighted by Crippen LogP contribution is -2.63. The largest absolute Gasteiger partial charge is 0.508 e. The molecule has 2 aromatic rings. The molecular weight excluding hydrogens is 1280 g/mol. The number of carboxylic acid groups (broad SMARTS) is 1. The van der Waals surface area contributed by atoms with Crippen LogP contribution in [0.5, 0.6) is 5.75 Å². The Hall–Kier alpha value is -9.12. The van der Waals surface area contributed by atoms with Gasteiger partial charge in [0.1, 0.15) is 54.1 Å². The van der Waals surface area contributed by atoms with Gasteiger partial charge in [-0.2, -0.15) is 0 Å². The van der Waals surface area contributed by atoms with Crippen LogP contribution in [0.15, 0.2) is 48.8 Å². The van der Waals surface area contributed by atoms with Crippen molar-refractivity contribution in [1.82, 2.24) is 63.1 Å². The lowest BCUT2D eigenvalue weighted by Gasteiger charge is -2.32. The minimum atomic E-state index is -2.49. The predicted octanol–water partition coefficient (Wildman–Crippen LogP) is -4.18. The van der Waals surface area contributed by atoms with Crippen LogP contribution >= 0.6 is 0 Å². The Kier molecular flexibility index (Phi) is 36.3. The zero-order valence-corrected chi connectivity index (χ0v) is 57.5. The third-order valence-corrected chi connectivity index (χ3v) is 15.6. The fourth-order valence-electron chi connectivity index (χ4n) is 10.0. The quantitative estimate of drug-likeness (QED) is 0.0170. The average molecular weight is 1390 g/mol. The van der Waals surface area contributed by atoms with Crippen LogP contribution in [-0.4, -0.2) is 216 Å². The summed E-state index contributed by atoms with van der Waals surface area (Å²) >= 11 is 0. The minimum Gasteiger partial charge on any atom is -0.508 e. The molecule has 11 amide bonds. The molecule has 34 nitrogen and oxygen atoms in total. The number of aliphatic hydroxyl groups excluding tert-OH is 4. The number of carbonyl (C=O) groups is 12. The Balaban J connectivity index is 2.53. The number of hydrogen-bond acceptors (Lipinski definition) is 20. The third kappa shape index (κ3) is 28.9. The van der Waals surface area contributed by atoms with E-state index in [0.29, 0.717) is 16.9 Å². The Morgan fingerprint density at radius 2 is 1.12 bits per heavy atom. The number of aromatic hydroxyl groups is 1. The highest BCUT2D eigenvalue weighted by molar-refractivity contribution is 6.00. The monoisotopic (exact) mass is 1380 g/mol. The van der Waals surface area contributed by atoms with Crippen molar-refractivity contribution in [1.29, 1.82) is 5.41 Å². The SMILES string of the molecule is CC[C@H](C)[C@H](NC(=O)[C@@H](CCCNC(=N)N)NC(=O)[C@H](CC(C)C)NC(=O)[C@@H](NC(=O)[C@H](Cc1cccc(O)c1)NC(=O)[C@H](CC(C)C)NC(=O)[C@H](N)CC(C)C)C(O)C(C)C)C(=O)N[C@H](C(=O)NCC(=O)N[C@H](C(=O)N(Cc1cccnc1)[C@@H](CO)C(=O)O)C(O)C(N)=O)[C@H](C)O. The van der Waals surface area contributed by atoms with Gasteiger partial charge in [0.25, 0.3) is 0 Å². The second kappa shape index (κ2) is 41.9. The first kappa shape index (κ1) is 85.0. The van der Waals surface area contributed by atoms with Crippen molar-refractivity contribution in [3.8, 4) is 5.75 Å². The molecule has 0 radical (unpaired) electrons. The number of pyridine rings is 1. The number of carbonyl (C=O) groups excluding carboxylic acids is 11. The van der Waals surface area contributed by atoms with Gasteiger partial charge in [0.2, 0.25) is 65.0 Å².